The Balaban J connectivity index is 1.72. The quantitative estimate of drug-likeness (QED) is 0.668. The topological polar surface area (TPSA) is 52.3 Å². The number of ether oxygens (including phenoxy) is 1. The molecule has 104 valence electrons. The zero-order valence-electron chi connectivity index (χ0n) is 11.2. The average Bonchev–Trinajstić information content (AvgIpc) is 3.03. The van der Waals surface area contributed by atoms with Crippen LogP contribution in [-0.4, -0.2) is 11.4 Å². The van der Waals surface area contributed by atoms with Gasteiger partial charge in [0.05, 0.1) is 5.56 Å². The van der Waals surface area contributed by atoms with Crippen LogP contribution >= 0.6 is 0 Å². The van der Waals surface area contributed by atoms with Crippen LogP contribution in [0.5, 0.6) is 5.75 Å². The van der Waals surface area contributed by atoms with Crippen LogP contribution in [-0.2, 0) is 6.61 Å². The number of aldehydes is 1. The van der Waals surface area contributed by atoms with Crippen LogP contribution in [0.1, 0.15) is 16.1 Å². The summed E-state index contributed by atoms with van der Waals surface area (Å²) in [5.74, 6) is 1.23. The van der Waals surface area contributed by atoms with E-state index in [1.54, 1.807) is 18.2 Å². The Morgan fingerprint density at radius 1 is 1.05 bits per heavy atom. The maximum Gasteiger partial charge on any atom is 0.167 e. The van der Waals surface area contributed by atoms with Crippen LogP contribution in [0.2, 0.25) is 0 Å². The molecule has 0 amide bonds. The molecule has 0 aliphatic rings. The van der Waals surface area contributed by atoms with Gasteiger partial charge in [-0.1, -0.05) is 47.6 Å². The first kappa shape index (κ1) is 13.1. The first-order valence-corrected chi connectivity index (χ1v) is 6.55. The maximum atomic E-state index is 10.9. The fourth-order valence-electron chi connectivity index (χ4n) is 1.98. The number of hydrogen-bond donors (Lipinski definition) is 0. The summed E-state index contributed by atoms with van der Waals surface area (Å²) in [5, 5.41) is 3.97. The Bertz CT molecular complexity index is 735. The predicted octanol–water partition coefficient (Wildman–Crippen LogP) is 3.73. The molecule has 2 aromatic carbocycles. The van der Waals surface area contributed by atoms with Gasteiger partial charge in [-0.2, -0.15) is 0 Å². The molecule has 0 saturated heterocycles. The van der Waals surface area contributed by atoms with Crippen molar-refractivity contribution in [2.45, 2.75) is 6.61 Å². The predicted molar refractivity (Wildman–Crippen MR) is 78.1 cm³/mol. The summed E-state index contributed by atoms with van der Waals surface area (Å²) in [6.07, 6.45) is 0.771. The lowest BCUT2D eigenvalue weighted by Crippen LogP contribution is -1.98. The molecule has 1 aromatic heterocycles. The van der Waals surface area contributed by atoms with Gasteiger partial charge in [0.25, 0.3) is 0 Å². The highest BCUT2D eigenvalue weighted by Gasteiger charge is 2.08. The molecule has 0 aliphatic carbocycles. The highest BCUT2D eigenvalue weighted by atomic mass is 16.5. The van der Waals surface area contributed by atoms with Gasteiger partial charge in [-0.25, -0.2) is 0 Å². The molecule has 4 nitrogen and oxygen atoms in total. The van der Waals surface area contributed by atoms with Crippen molar-refractivity contribution in [1.82, 2.24) is 5.16 Å². The summed E-state index contributed by atoms with van der Waals surface area (Å²) in [7, 11) is 0. The Labute approximate surface area is 122 Å². The van der Waals surface area contributed by atoms with E-state index in [1.165, 1.54) is 0 Å². The second kappa shape index (κ2) is 6.05. The number of carbonyl (C=O) groups excluding carboxylic acids is 1. The standard InChI is InChI=1S/C17H13NO3/c19-11-14-8-4-5-9-16(14)20-12-15-10-17(21-18-15)13-6-2-1-3-7-13/h1-11H,12H2. The zero-order chi connectivity index (χ0) is 14.5. The van der Waals surface area contributed by atoms with Crippen molar-refractivity contribution in [3.63, 3.8) is 0 Å². The number of para-hydroxylation sites is 1. The van der Waals surface area contributed by atoms with E-state index >= 15 is 0 Å². The van der Waals surface area contributed by atoms with E-state index in [4.69, 9.17) is 9.26 Å². The lowest BCUT2D eigenvalue weighted by Gasteiger charge is -2.05. The van der Waals surface area contributed by atoms with Gasteiger partial charge in [-0.05, 0) is 12.1 Å². The first-order valence-electron chi connectivity index (χ1n) is 6.55. The molecule has 0 aliphatic heterocycles. The van der Waals surface area contributed by atoms with Crippen LogP contribution in [0.25, 0.3) is 11.3 Å². The molecule has 0 radical (unpaired) electrons. The molecule has 0 atom stereocenters. The molecular weight excluding hydrogens is 266 g/mol. The second-order valence-electron chi connectivity index (χ2n) is 4.49. The summed E-state index contributed by atoms with van der Waals surface area (Å²) in [6, 6.07) is 18.6. The molecule has 4 heteroatoms. The smallest absolute Gasteiger partial charge is 0.167 e. The Morgan fingerprint density at radius 3 is 2.62 bits per heavy atom. The lowest BCUT2D eigenvalue weighted by atomic mass is 10.2. The molecule has 0 bridgehead atoms. The van der Waals surface area contributed by atoms with Crippen molar-refractivity contribution >= 4 is 6.29 Å². The fourth-order valence-corrected chi connectivity index (χ4v) is 1.98. The van der Waals surface area contributed by atoms with E-state index in [1.807, 2.05) is 42.5 Å². The van der Waals surface area contributed by atoms with Crippen molar-refractivity contribution < 1.29 is 14.1 Å². The third-order valence-electron chi connectivity index (χ3n) is 3.04. The van der Waals surface area contributed by atoms with E-state index in [-0.39, 0.29) is 6.61 Å². The van der Waals surface area contributed by atoms with Gasteiger partial charge in [-0.15, -0.1) is 0 Å². The third-order valence-corrected chi connectivity index (χ3v) is 3.04. The monoisotopic (exact) mass is 279 g/mol. The molecule has 0 saturated carbocycles. The summed E-state index contributed by atoms with van der Waals surface area (Å²) < 4.78 is 10.9. The van der Waals surface area contributed by atoms with Gasteiger partial charge >= 0.3 is 0 Å². The number of aromatic nitrogens is 1. The highest BCUT2D eigenvalue weighted by Crippen LogP contribution is 2.21. The molecular formula is C17H13NO3. The Morgan fingerprint density at radius 2 is 1.81 bits per heavy atom. The van der Waals surface area contributed by atoms with Crippen molar-refractivity contribution in [1.29, 1.82) is 0 Å². The minimum absolute atomic E-state index is 0.251. The van der Waals surface area contributed by atoms with Crippen LogP contribution in [0.15, 0.2) is 65.2 Å². The van der Waals surface area contributed by atoms with Gasteiger partial charge < -0.3 is 9.26 Å². The van der Waals surface area contributed by atoms with E-state index in [0.717, 1.165) is 11.8 Å². The Hall–Kier alpha value is -2.88. The van der Waals surface area contributed by atoms with E-state index in [9.17, 15) is 4.79 Å². The first-order chi connectivity index (χ1) is 10.4. The van der Waals surface area contributed by atoms with Gasteiger partial charge in [-0.3, -0.25) is 4.79 Å². The summed E-state index contributed by atoms with van der Waals surface area (Å²) in [5.41, 5.74) is 2.16. The number of rotatable bonds is 5. The molecule has 3 aromatic rings. The van der Waals surface area contributed by atoms with Crippen LogP contribution in [0.3, 0.4) is 0 Å². The van der Waals surface area contributed by atoms with Crippen molar-refractivity contribution in [2.24, 2.45) is 0 Å². The van der Waals surface area contributed by atoms with Gasteiger partial charge in [0.1, 0.15) is 18.1 Å². The molecule has 21 heavy (non-hydrogen) atoms. The average molecular weight is 279 g/mol. The highest BCUT2D eigenvalue weighted by molar-refractivity contribution is 5.79. The molecule has 0 unspecified atom stereocenters. The summed E-state index contributed by atoms with van der Waals surface area (Å²) in [6.45, 7) is 0.251. The van der Waals surface area contributed by atoms with Crippen LogP contribution in [0.4, 0.5) is 0 Å². The molecule has 0 N–H and O–H groups in total. The third kappa shape index (κ3) is 3.00. The van der Waals surface area contributed by atoms with Gasteiger partial charge in [0.2, 0.25) is 0 Å². The second-order valence-corrected chi connectivity index (χ2v) is 4.49. The molecule has 3 rings (SSSR count). The normalized spacial score (nSPS) is 10.3. The summed E-state index contributed by atoms with van der Waals surface area (Å²) >= 11 is 0. The number of carbonyl (C=O) groups is 1. The van der Waals surface area contributed by atoms with Crippen molar-refractivity contribution in [3.05, 3.63) is 71.9 Å². The fraction of sp³-hybridized carbons (Fsp3) is 0.0588. The number of benzene rings is 2. The van der Waals surface area contributed by atoms with E-state index < -0.39 is 0 Å². The molecule has 1 heterocycles. The number of hydrogen-bond acceptors (Lipinski definition) is 4. The van der Waals surface area contributed by atoms with E-state index in [0.29, 0.717) is 22.8 Å². The Kier molecular flexibility index (Phi) is 3.78. The largest absolute Gasteiger partial charge is 0.486 e. The SMILES string of the molecule is O=Cc1ccccc1OCc1cc(-c2ccccc2)on1. The molecule has 0 spiro atoms. The van der Waals surface area contributed by atoms with Crippen LogP contribution < -0.4 is 4.74 Å². The summed E-state index contributed by atoms with van der Waals surface area (Å²) in [4.78, 5) is 10.9. The lowest BCUT2D eigenvalue weighted by molar-refractivity contribution is 0.111. The van der Waals surface area contributed by atoms with Gasteiger partial charge in [0, 0.05) is 11.6 Å². The van der Waals surface area contributed by atoms with E-state index in [2.05, 4.69) is 5.16 Å². The van der Waals surface area contributed by atoms with Crippen molar-refractivity contribution in [2.75, 3.05) is 0 Å². The van der Waals surface area contributed by atoms with Crippen molar-refractivity contribution in [3.8, 4) is 17.1 Å². The minimum Gasteiger partial charge on any atom is -0.486 e. The molecule has 0 fully saturated rings. The van der Waals surface area contributed by atoms with Gasteiger partial charge in [0.15, 0.2) is 12.0 Å². The van der Waals surface area contributed by atoms with Crippen LogP contribution in [0, 0.1) is 0 Å². The minimum atomic E-state index is 0.251. The zero-order valence-corrected chi connectivity index (χ0v) is 11.2. The number of nitrogens with zero attached hydrogens (tertiary/aromatic N) is 1. The maximum absolute atomic E-state index is 10.9.